The van der Waals surface area contributed by atoms with Crippen molar-refractivity contribution in [3.8, 4) is 0 Å². The average molecular weight is 194 g/mol. The van der Waals surface area contributed by atoms with Crippen molar-refractivity contribution in [2.75, 3.05) is 0 Å². The maximum Gasteiger partial charge on any atom is 0.180 e. The highest BCUT2D eigenvalue weighted by Gasteiger charge is 2.04. The van der Waals surface area contributed by atoms with Crippen LogP contribution >= 0.6 is 0 Å². The molecular formula is C8H10N4O2. The van der Waals surface area contributed by atoms with Gasteiger partial charge >= 0.3 is 0 Å². The molecule has 0 amide bonds. The molecule has 0 aliphatic heterocycles. The summed E-state index contributed by atoms with van der Waals surface area (Å²) in [4.78, 5) is 15.0. The van der Waals surface area contributed by atoms with E-state index >= 15 is 0 Å². The van der Waals surface area contributed by atoms with Crippen LogP contribution < -0.4 is 0 Å². The maximum atomic E-state index is 8.67. The zero-order valence-electron chi connectivity index (χ0n) is 7.38. The molecule has 74 valence electrons. The van der Waals surface area contributed by atoms with E-state index in [9.17, 15) is 0 Å². The standard InChI is InChI=1S/C8H10N4O2/c13-7(14)2-1-6-9-3-5-8(12-6)11-4-10-5/h3-4,7,13-14H,1-2H2,(H,9,10,11,12). The van der Waals surface area contributed by atoms with Crippen LogP contribution in [0.4, 0.5) is 0 Å². The van der Waals surface area contributed by atoms with E-state index in [2.05, 4.69) is 19.9 Å². The number of H-pyrrole nitrogens is 1. The molecule has 0 fully saturated rings. The summed E-state index contributed by atoms with van der Waals surface area (Å²) in [5.74, 6) is 0.567. The topological polar surface area (TPSA) is 94.9 Å². The number of aliphatic hydroxyl groups excluding tert-OH is 1. The minimum atomic E-state index is -1.31. The second-order valence-corrected chi connectivity index (χ2v) is 2.95. The zero-order valence-corrected chi connectivity index (χ0v) is 7.38. The third kappa shape index (κ3) is 1.86. The molecule has 0 atom stereocenters. The van der Waals surface area contributed by atoms with E-state index in [-0.39, 0.29) is 6.42 Å². The number of rotatable bonds is 3. The zero-order chi connectivity index (χ0) is 9.97. The lowest BCUT2D eigenvalue weighted by atomic mass is 10.3. The van der Waals surface area contributed by atoms with Crippen LogP contribution in [0.3, 0.4) is 0 Å². The Labute approximate surface area is 79.7 Å². The summed E-state index contributed by atoms with van der Waals surface area (Å²) in [5, 5.41) is 17.3. The van der Waals surface area contributed by atoms with Crippen LogP contribution in [0.1, 0.15) is 12.2 Å². The van der Waals surface area contributed by atoms with Gasteiger partial charge in [-0.05, 0) is 0 Å². The fraction of sp³-hybridized carbons (Fsp3) is 0.375. The van der Waals surface area contributed by atoms with Gasteiger partial charge in [0.1, 0.15) is 11.3 Å². The Bertz CT molecular complexity index is 426. The number of aromatic nitrogens is 4. The molecule has 14 heavy (non-hydrogen) atoms. The molecule has 2 aromatic rings. The Balaban J connectivity index is 2.17. The molecule has 0 unspecified atom stereocenters. The van der Waals surface area contributed by atoms with Crippen LogP contribution in [0, 0.1) is 0 Å². The molecule has 6 heteroatoms. The molecule has 3 N–H and O–H groups in total. The van der Waals surface area contributed by atoms with Crippen LogP contribution in [0.5, 0.6) is 0 Å². The van der Waals surface area contributed by atoms with E-state index in [1.54, 1.807) is 12.5 Å². The van der Waals surface area contributed by atoms with E-state index in [0.717, 1.165) is 5.52 Å². The van der Waals surface area contributed by atoms with Gasteiger partial charge in [0.25, 0.3) is 0 Å². The summed E-state index contributed by atoms with van der Waals surface area (Å²) in [6, 6.07) is 0. The van der Waals surface area contributed by atoms with Crippen molar-refractivity contribution in [3.05, 3.63) is 18.3 Å². The Hall–Kier alpha value is -1.53. The first kappa shape index (κ1) is 9.04. The number of aromatic amines is 1. The largest absolute Gasteiger partial charge is 0.368 e. The average Bonchev–Trinajstić information content (AvgIpc) is 2.61. The van der Waals surface area contributed by atoms with Gasteiger partial charge in [0.15, 0.2) is 11.9 Å². The van der Waals surface area contributed by atoms with Crippen molar-refractivity contribution in [3.63, 3.8) is 0 Å². The SMILES string of the molecule is OC(O)CCc1ncc2[nH]cnc2n1. The Kier molecular flexibility index (Phi) is 2.38. The lowest BCUT2D eigenvalue weighted by molar-refractivity contribution is -0.0450. The number of nitrogens with one attached hydrogen (secondary N) is 1. The summed E-state index contributed by atoms with van der Waals surface area (Å²) < 4.78 is 0. The molecular weight excluding hydrogens is 184 g/mol. The molecule has 0 saturated carbocycles. The summed E-state index contributed by atoms with van der Waals surface area (Å²) in [6.07, 6.45) is 2.53. The lowest BCUT2D eigenvalue weighted by Crippen LogP contribution is -2.07. The molecule has 0 aromatic carbocycles. The summed E-state index contributed by atoms with van der Waals surface area (Å²) in [6.45, 7) is 0. The van der Waals surface area contributed by atoms with Gasteiger partial charge in [-0.1, -0.05) is 0 Å². The van der Waals surface area contributed by atoms with Gasteiger partial charge in [-0.2, -0.15) is 0 Å². The first-order valence-corrected chi connectivity index (χ1v) is 4.27. The predicted octanol–water partition coefficient (Wildman–Crippen LogP) is -0.404. The van der Waals surface area contributed by atoms with E-state index in [0.29, 0.717) is 17.9 Å². The van der Waals surface area contributed by atoms with Crippen LogP contribution in [-0.4, -0.2) is 36.4 Å². The predicted molar refractivity (Wildman–Crippen MR) is 48.2 cm³/mol. The van der Waals surface area contributed by atoms with Gasteiger partial charge in [-0.3, -0.25) is 0 Å². The van der Waals surface area contributed by atoms with Crippen LogP contribution in [0.15, 0.2) is 12.5 Å². The van der Waals surface area contributed by atoms with Gasteiger partial charge in [-0.15, -0.1) is 0 Å². The van der Waals surface area contributed by atoms with Crippen molar-refractivity contribution in [1.82, 2.24) is 19.9 Å². The Morgan fingerprint density at radius 2 is 2.21 bits per heavy atom. The van der Waals surface area contributed by atoms with Gasteiger partial charge in [0.05, 0.1) is 12.5 Å². The first-order valence-electron chi connectivity index (χ1n) is 4.27. The molecule has 2 aromatic heterocycles. The second-order valence-electron chi connectivity index (χ2n) is 2.95. The Morgan fingerprint density at radius 1 is 1.36 bits per heavy atom. The molecule has 0 radical (unpaired) electrons. The summed E-state index contributed by atoms with van der Waals surface area (Å²) in [5.41, 5.74) is 1.38. The fourth-order valence-corrected chi connectivity index (χ4v) is 1.15. The smallest absolute Gasteiger partial charge is 0.180 e. The molecule has 0 spiro atoms. The van der Waals surface area contributed by atoms with Gasteiger partial charge in [0.2, 0.25) is 0 Å². The van der Waals surface area contributed by atoms with E-state index in [1.807, 2.05) is 0 Å². The van der Waals surface area contributed by atoms with Gasteiger partial charge < -0.3 is 15.2 Å². The lowest BCUT2D eigenvalue weighted by Gasteiger charge is -2.01. The van der Waals surface area contributed by atoms with Crippen LogP contribution in [-0.2, 0) is 6.42 Å². The number of nitrogens with zero attached hydrogens (tertiary/aromatic N) is 3. The van der Waals surface area contributed by atoms with Crippen LogP contribution in [0.2, 0.25) is 0 Å². The number of hydrogen-bond donors (Lipinski definition) is 3. The monoisotopic (exact) mass is 194 g/mol. The maximum absolute atomic E-state index is 8.67. The minimum Gasteiger partial charge on any atom is -0.368 e. The van der Waals surface area contributed by atoms with E-state index < -0.39 is 6.29 Å². The van der Waals surface area contributed by atoms with Gasteiger partial charge in [-0.25, -0.2) is 15.0 Å². The number of imidazole rings is 1. The third-order valence-corrected chi connectivity index (χ3v) is 1.85. The number of aryl methyl sites for hydroxylation is 1. The second kappa shape index (κ2) is 3.69. The molecule has 2 rings (SSSR count). The first-order chi connectivity index (χ1) is 6.75. The fourth-order valence-electron chi connectivity index (χ4n) is 1.15. The molecule has 0 aliphatic carbocycles. The van der Waals surface area contributed by atoms with Crippen molar-refractivity contribution in [2.45, 2.75) is 19.1 Å². The summed E-state index contributed by atoms with van der Waals surface area (Å²) >= 11 is 0. The highest BCUT2D eigenvalue weighted by Crippen LogP contribution is 2.05. The number of fused-ring (bicyclic) bond motifs is 1. The van der Waals surface area contributed by atoms with Crippen molar-refractivity contribution in [2.24, 2.45) is 0 Å². The highest BCUT2D eigenvalue weighted by atomic mass is 16.5. The van der Waals surface area contributed by atoms with Crippen molar-refractivity contribution in [1.29, 1.82) is 0 Å². The van der Waals surface area contributed by atoms with E-state index in [1.165, 1.54) is 0 Å². The Morgan fingerprint density at radius 3 is 3.00 bits per heavy atom. The van der Waals surface area contributed by atoms with E-state index in [4.69, 9.17) is 10.2 Å². The van der Waals surface area contributed by atoms with Crippen molar-refractivity contribution < 1.29 is 10.2 Å². The highest BCUT2D eigenvalue weighted by molar-refractivity contribution is 5.67. The molecule has 0 aliphatic rings. The third-order valence-electron chi connectivity index (χ3n) is 1.85. The number of aliphatic hydroxyl groups is 2. The molecule has 0 saturated heterocycles. The van der Waals surface area contributed by atoms with Crippen molar-refractivity contribution >= 4 is 11.2 Å². The number of hydrogen-bond acceptors (Lipinski definition) is 5. The van der Waals surface area contributed by atoms with Gasteiger partial charge in [0, 0.05) is 12.8 Å². The van der Waals surface area contributed by atoms with Crippen LogP contribution in [0.25, 0.3) is 11.2 Å². The quantitative estimate of drug-likeness (QED) is 0.578. The molecule has 2 heterocycles. The molecule has 6 nitrogen and oxygen atoms in total. The normalized spacial score (nSPS) is 11.4. The molecule has 0 bridgehead atoms. The summed E-state index contributed by atoms with van der Waals surface area (Å²) in [7, 11) is 0. The minimum absolute atomic E-state index is 0.232.